The molecule has 0 radical (unpaired) electrons. The third-order valence-corrected chi connectivity index (χ3v) is 8.04. The van der Waals surface area contributed by atoms with Crippen LogP contribution in [-0.4, -0.2) is 34.5 Å². The third kappa shape index (κ3) is 2.26. The Morgan fingerprint density at radius 3 is 2.76 bits per heavy atom. The first kappa shape index (κ1) is 17.2. The summed E-state index contributed by atoms with van der Waals surface area (Å²) in [6.07, 6.45) is 9.25. The van der Waals surface area contributed by atoms with Crippen molar-refractivity contribution in [3.8, 4) is 0 Å². The maximum atomic E-state index is 12.3. The quantitative estimate of drug-likeness (QED) is 0.807. The number of carbonyl (C=O) groups excluding carboxylic acids is 2. The van der Waals surface area contributed by atoms with E-state index >= 15 is 0 Å². The fourth-order valence-corrected chi connectivity index (χ4v) is 6.96. The first-order chi connectivity index (χ1) is 11.8. The molecule has 0 amide bonds. The summed E-state index contributed by atoms with van der Waals surface area (Å²) in [7, 11) is 0. The van der Waals surface area contributed by atoms with Crippen molar-refractivity contribution in [1.29, 1.82) is 0 Å². The van der Waals surface area contributed by atoms with Gasteiger partial charge in [0.15, 0.2) is 11.6 Å². The van der Waals surface area contributed by atoms with Gasteiger partial charge in [-0.15, -0.1) is 0 Å². The van der Waals surface area contributed by atoms with Crippen LogP contribution in [0.25, 0.3) is 0 Å². The Kier molecular flexibility index (Phi) is 3.86. The van der Waals surface area contributed by atoms with Gasteiger partial charge in [-0.3, -0.25) is 9.59 Å². The summed E-state index contributed by atoms with van der Waals surface area (Å²) in [6.45, 7) is 3.92. The van der Waals surface area contributed by atoms with Crippen molar-refractivity contribution >= 4 is 11.6 Å². The maximum Gasteiger partial charge on any atom is 0.178 e. The molecule has 4 nitrogen and oxygen atoms in total. The molecular formula is C21H28O4. The molecule has 0 spiro atoms. The average molecular weight is 344 g/mol. The van der Waals surface area contributed by atoms with Gasteiger partial charge < -0.3 is 10.2 Å². The first-order valence-electron chi connectivity index (χ1n) is 9.57. The van der Waals surface area contributed by atoms with Gasteiger partial charge in [-0.1, -0.05) is 25.5 Å². The molecule has 0 aliphatic heterocycles. The Morgan fingerprint density at radius 1 is 1.28 bits per heavy atom. The Bertz CT molecular complexity index is 677. The molecule has 0 heterocycles. The third-order valence-electron chi connectivity index (χ3n) is 8.04. The number of hydrogen-bond donors (Lipinski definition) is 2. The van der Waals surface area contributed by atoms with Gasteiger partial charge in [0, 0.05) is 17.3 Å². The Balaban J connectivity index is 1.71. The molecule has 0 saturated heterocycles. The number of allylic oxidation sites excluding steroid dienone is 4. The van der Waals surface area contributed by atoms with Crippen LogP contribution in [0, 0.1) is 34.5 Å². The highest BCUT2D eigenvalue weighted by molar-refractivity contribution is 6.01. The van der Waals surface area contributed by atoms with E-state index in [0.29, 0.717) is 18.3 Å². The molecule has 3 fully saturated rings. The highest BCUT2D eigenvalue weighted by Crippen LogP contribution is 2.65. The van der Waals surface area contributed by atoms with E-state index in [-0.39, 0.29) is 34.2 Å². The van der Waals surface area contributed by atoms with Crippen LogP contribution >= 0.6 is 0 Å². The maximum absolute atomic E-state index is 12.3. The zero-order valence-corrected chi connectivity index (χ0v) is 15.1. The molecule has 4 aliphatic rings. The van der Waals surface area contributed by atoms with Gasteiger partial charge in [0.05, 0.1) is 6.10 Å². The molecule has 4 rings (SSSR count). The molecule has 0 bridgehead atoms. The normalized spacial score (nSPS) is 48.4. The van der Waals surface area contributed by atoms with Crippen molar-refractivity contribution in [1.82, 2.24) is 0 Å². The zero-order chi connectivity index (χ0) is 18.0. The van der Waals surface area contributed by atoms with Gasteiger partial charge in [-0.05, 0) is 61.5 Å². The summed E-state index contributed by atoms with van der Waals surface area (Å²) < 4.78 is 0. The van der Waals surface area contributed by atoms with Gasteiger partial charge in [0.25, 0.3) is 0 Å². The van der Waals surface area contributed by atoms with Crippen LogP contribution in [0.5, 0.6) is 0 Å². The molecule has 3 saturated carbocycles. The lowest BCUT2D eigenvalue weighted by molar-refractivity contribution is -0.141. The molecule has 0 aromatic rings. The van der Waals surface area contributed by atoms with E-state index in [4.69, 9.17) is 0 Å². The van der Waals surface area contributed by atoms with Gasteiger partial charge >= 0.3 is 0 Å². The summed E-state index contributed by atoms with van der Waals surface area (Å²) >= 11 is 0. The van der Waals surface area contributed by atoms with Crippen molar-refractivity contribution in [2.45, 2.75) is 52.1 Å². The van der Waals surface area contributed by atoms with Crippen LogP contribution in [0.3, 0.4) is 0 Å². The highest BCUT2D eigenvalue weighted by atomic mass is 16.3. The first-order valence-corrected chi connectivity index (χ1v) is 9.57. The Morgan fingerprint density at radius 2 is 2.04 bits per heavy atom. The van der Waals surface area contributed by atoms with Gasteiger partial charge in [0.1, 0.15) is 6.61 Å². The zero-order valence-electron chi connectivity index (χ0n) is 15.1. The highest BCUT2D eigenvalue weighted by Gasteiger charge is 2.62. The van der Waals surface area contributed by atoms with E-state index < -0.39 is 12.7 Å². The molecule has 0 aromatic heterocycles. The number of aliphatic hydroxyl groups is 2. The molecule has 0 aromatic carbocycles. The number of aliphatic hydroxyl groups excluding tert-OH is 2. The topological polar surface area (TPSA) is 74.6 Å². The van der Waals surface area contributed by atoms with E-state index in [9.17, 15) is 19.8 Å². The van der Waals surface area contributed by atoms with E-state index in [0.717, 1.165) is 31.3 Å². The largest absolute Gasteiger partial charge is 0.393 e. The lowest BCUT2D eigenvalue weighted by Crippen LogP contribution is -2.56. The van der Waals surface area contributed by atoms with Gasteiger partial charge in [-0.2, -0.15) is 0 Å². The molecule has 4 unspecified atom stereocenters. The molecular weight excluding hydrogens is 316 g/mol. The van der Waals surface area contributed by atoms with Crippen molar-refractivity contribution in [3.05, 3.63) is 23.8 Å². The second kappa shape index (κ2) is 5.62. The predicted molar refractivity (Wildman–Crippen MR) is 93.6 cm³/mol. The monoisotopic (exact) mass is 344 g/mol. The van der Waals surface area contributed by atoms with E-state index in [1.54, 1.807) is 12.2 Å². The van der Waals surface area contributed by atoms with Crippen LogP contribution in [-0.2, 0) is 9.59 Å². The molecule has 4 heteroatoms. The SMILES string of the molecule is C[C@]12C[C@H](O)C3C(CCC4=CC(=O)C=C[C@@]43C)C1CCC2C(=O)CO. The molecule has 2 N–H and O–H groups in total. The van der Waals surface area contributed by atoms with Crippen LogP contribution in [0.2, 0.25) is 0 Å². The van der Waals surface area contributed by atoms with Crippen LogP contribution in [0.15, 0.2) is 23.8 Å². The summed E-state index contributed by atoms with van der Waals surface area (Å²) in [5.41, 5.74) is 0.688. The number of ketones is 2. The number of carbonyl (C=O) groups is 2. The second-order valence-corrected chi connectivity index (χ2v) is 9.05. The van der Waals surface area contributed by atoms with Crippen LogP contribution in [0.1, 0.15) is 46.0 Å². The van der Waals surface area contributed by atoms with E-state index in [1.807, 2.05) is 6.08 Å². The number of fused-ring (bicyclic) bond motifs is 5. The average Bonchev–Trinajstić information content (AvgIpc) is 2.91. The van der Waals surface area contributed by atoms with Crippen molar-refractivity contribution in [3.63, 3.8) is 0 Å². The lowest BCUT2D eigenvalue weighted by Gasteiger charge is -2.58. The summed E-state index contributed by atoms with van der Waals surface area (Å²) in [4.78, 5) is 24.1. The summed E-state index contributed by atoms with van der Waals surface area (Å²) in [5.74, 6) is 0.734. The van der Waals surface area contributed by atoms with Gasteiger partial charge in [0.2, 0.25) is 0 Å². The Labute approximate surface area is 149 Å². The Hall–Kier alpha value is -1.26. The summed E-state index contributed by atoms with van der Waals surface area (Å²) in [6, 6.07) is 0. The van der Waals surface area contributed by atoms with E-state index in [1.165, 1.54) is 0 Å². The fourth-order valence-electron chi connectivity index (χ4n) is 6.96. The second-order valence-electron chi connectivity index (χ2n) is 9.05. The predicted octanol–water partition coefficient (Wildman–Crippen LogP) is 2.44. The van der Waals surface area contributed by atoms with E-state index in [2.05, 4.69) is 13.8 Å². The standard InChI is InChI=1S/C21H28O4/c1-20-8-7-13(23)9-12(20)3-4-14-15-5-6-16(18(25)11-22)21(15,2)10-17(24)19(14)20/h7-9,14-17,19,22,24H,3-6,10-11H2,1-2H3/t14?,15?,16?,17-,19?,20-,21-/m0/s1. The number of rotatable bonds is 2. The van der Waals surface area contributed by atoms with Crippen LogP contribution in [0.4, 0.5) is 0 Å². The fraction of sp³-hybridized carbons (Fsp3) is 0.714. The number of hydrogen-bond acceptors (Lipinski definition) is 4. The van der Waals surface area contributed by atoms with Gasteiger partial charge in [-0.25, -0.2) is 0 Å². The smallest absolute Gasteiger partial charge is 0.178 e. The minimum Gasteiger partial charge on any atom is -0.393 e. The number of Topliss-reactive ketones (excluding diaryl/α,β-unsaturated/α-hetero) is 1. The molecule has 25 heavy (non-hydrogen) atoms. The minimum atomic E-state index is -0.482. The van der Waals surface area contributed by atoms with Crippen molar-refractivity contribution in [2.24, 2.45) is 34.5 Å². The summed E-state index contributed by atoms with van der Waals surface area (Å²) in [5, 5.41) is 20.5. The van der Waals surface area contributed by atoms with Crippen molar-refractivity contribution in [2.75, 3.05) is 6.61 Å². The van der Waals surface area contributed by atoms with Crippen molar-refractivity contribution < 1.29 is 19.8 Å². The van der Waals surface area contributed by atoms with Crippen LogP contribution < -0.4 is 0 Å². The molecule has 136 valence electrons. The lowest BCUT2D eigenvalue weighted by atomic mass is 9.46. The molecule has 4 aliphatic carbocycles. The molecule has 7 atom stereocenters. The minimum absolute atomic E-state index is 0.0514.